The van der Waals surface area contributed by atoms with Gasteiger partial charge < -0.3 is 15.0 Å². The fourth-order valence-electron chi connectivity index (χ4n) is 4.82. The summed E-state index contributed by atoms with van der Waals surface area (Å²) in [5, 5.41) is 3.53. The Bertz CT molecular complexity index is 714. The molecule has 31 heavy (non-hydrogen) atoms. The van der Waals surface area contributed by atoms with Crippen LogP contribution < -0.4 is 5.32 Å². The van der Waals surface area contributed by atoms with Crippen LogP contribution in [0.15, 0.2) is 29.3 Å². The Labute approximate surface area is 200 Å². The number of likely N-dealkylation sites (tertiary alicyclic amines) is 2. The number of benzene rings is 1. The number of piperidine rings is 1. The van der Waals surface area contributed by atoms with Crippen LogP contribution in [0.5, 0.6) is 0 Å². The molecule has 0 radical (unpaired) electrons. The number of guanidine groups is 1. The Kier molecular flexibility index (Phi) is 9.88. The largest absolute Gasteiger partial charge is 0.416 e. The van der Waals surface area contributed by atoms with Gasteiger partial charge in [-0.25, -0.2) is 0 Å². The molecule has 0 spiro atoms. The van der Waals surface area contributed by atoms with Crippen molar-refractivity contribution in [3.63, 3.8) is 0 Å². The molecular formula is C22H34F3IN4O. The molecule has 0 bridgehead atoms. The third kappa shape index (κ3) is 6.71. The molecule has 1 aromatic rings. The molecule has 0 saturated carbocycles. The lowest BCUT2D eigenvalue weighted by Crippen LogP contribution is -2.46. The molecule has 2 fully saturated rings. The SMILES string of the molecule is CN=C(NCC1CCCN(C)C1c1ccc(C(F)(F)F)cc1)N1CCC(COC)C1.I. The first-order valence-corrected chi connectivity index (χ1v) is 10.7. The number of methoxy groups -OCH3 is 1. The zero-order valence-corrected chi connectivity index (χ0v) is 20.8. The topological polar surface area (TPSA) is 40.1 Å². The van der Waals surface area contributed by atoms with Gasteiger partial charge in [-0.2, -0.15) is 13.2 Å². The van der Waals surface area contributed by atoms with E-state index < -0.39 is 11.7 Å². The number of aliphatic imine (C=N–C) groups is 1. The Balaban J connectivity index is 0.00000341. The normalized spacial score (nSPS) is 25.4. The number of halogens is 4. The third-order valence-electron chi connectivity index (χ3n) is 6.31. The summed E-state index contributed by atoms with van der Waals surface area (Å²) in [6.45, 7) is 4.34. The van der Waals surface area contributed by atoms with Crippen molar-refractivity contribution in [2.45, 2.75) is 31.5 Å². The van der Waals surface area contributed by atoms with Gasteiger partial charge in [-0.15, -0.1) is 24.0 Å². The Morgan fingerprint density at radius 2 is 1.90 bits per heavy atom. The molecule has 0 aromatic heterocycles. The first-order chi connectivity index (χ1) is 14.3. The summed E-state index contributed by atoms with van der Waals surface area (Å²) in [5.74, 6) is 1.72. The molecule has 1 N–H and O–H groups in total. The van der Waals surface area contributed by atoms with Gasteiger partial charge in [0.2, 0.25) is 0 Å². The summed E-state index contributed by atoms with van der Waals surface area (Å²) in [6.07, 6.45) is -1.10. The highest BCUT2D eigenvalue weighted by Crippen LogP contribution is 2.36. The van der Waals surface area contributed by atoms with Crippen molar-refractivity contribution in [2.75, 3.05) is 54.0 Å². The number of nitrogens with one attached hydrogen (secondary N) is 1. The lowest BCUT2D eigenvalue weighted by atomic mass is 9.84. The maximum Gasteiger partial charge on any atom is 0.416 e. The van der Waals surface area contributed by atoms with Crippen LogP contribution in [0, 0.1) is 11.8 Å². The maximum atomic E-state index is 12.9. The van der Waals surface area contributed by atoms with E-state index >= 15 is 0 Å². The van der Waals surface area contributed by atoms with Crippen molar-refractivity contribution in [1.82, 2.24) is 15.1 Å². The molecule has 9 heteroatoms. The number of ether oxygens (including phenoxy) is 1. The van der Waals surface area contributed by atoms with Crippen molar-refractivity contribution >= 4 is 29.9 Å². The standard InChI is InChI=1S/C22H33F3N4O.HI/c1-26-21(29-12-10-16(14-29)15-30-3)27-13-18-5-4-11-28(2)20(18)17-6-8-19(9-7-17)22(23,24)25;/h6-9,16,18,20H,4-5,10-15H2,1-3H3,(H,26,27);1H. The molecule has 2 aliphatic rings. The Morgan fingerprint density at radius 1 is 1.19 bits per heavy atom. The quantitative estimate of drug-likeness (QED) is 0.336. The minimum Gasteiger partial charge on any atom is -0.384 e. The number of alkyl halides is 3. The summed E-state index contributed by atoms with van der Waals surface area (Å²) in [6, 6.07) is 5.74. The van der Waals surface area contributed by atoms with Crippen molar-refractivity contribution in [2.24, 2.45) is 16.8 Å². The molecule has 3 rings (SSSR count). The van der Waals surface area contributed by atoms with E-state index in [-0.39, 0.29) is 30.0 Å². The first kappa shape index (κ1) is 26.2. The van der Waals surface area contributed by atoms with E-state index in [1.165, 1.54) is 12.1 Å². The highest BCUT2D eigenvalue weighted by atomic mass is 127. The maximum absolute atomic E-state index is 12.9. The van der Waals surface area contributed by atoms with E-state index in [9.17, 15) is 13.2 Å². The van der Waals surface area contributed by atoms with E-state index in [1.807, 2.05) is 0 Å². The van der Waals surface area contributed by atoms with Gasteiger partial charge in [0.1, 0.15) is 0 Å². The predicted octanol–water partition coefficient (Wildman–Crippen LogP) is 4.25. The average Bonchev–Trinajstić information content (AvgIpc) is 3.17. The fraction of sp³-hybridized carbons (Fsp3) is 0.682. The van der Waals surface area contributed by atoms with E-state index in [0.29, 0.717) is 11.8 Å². The molecule has 0 amide bonds. The van der Waals surface area contributed by atoms with E-state index in [2.05, 4.69) is 27.2 Å². The molecule has 2 aliphatic heterocycles. The van der Waals surface area contributed by atoms with E-state index in [0.717, 1.165) is 63.6 Å². The second-order valence-electron chi connectivity index (χ2n) is 8.43. The molecule has 3 atom stereocenters. The predicted molar refractivity (Wildman–Crippen MR) is 128 cm³/mol. The zero-order valence-electron chi connectivity index (χ0n) is 18.5. The molecular weight excluding hydrogens is 520 g/mol. The van der Waals surface area contributed by atoms with Crippen molar-refractivity contribution in [3.8, 4) is 0 Å². The molecule has 3 unspecified atom stereocenters. The van der Waals surface area contributed by atoms with Gasteiger partial charge in [-0.1, -0.05) is 12.1 Å². The van der Waals surface area contributed by atoms with Gasteiger partial charge in [0.15, 0.2) is 5.96 Å². The van der Waals surface area contributed by atoms with Crippen molar-refractivity contribution in [1.29, 1.82) is 0 Å². The fourth-order valence-corrected chi connectivity index (χ4v) is 4.82. The summed E-state index contributed by atoms with van der Waals surface area (Å²) < 4.78 is 44.1. The summed E-state index contributed by atoms with van der Waals surface area (Å²) in [5.41, 5.74) is 0.341. The van der Waals surface area contributed by atoms with Gasteiger partial charge >= 0.3 is 6.18 Å². The van der Waals surface area contributed by atoms with Gasteiger partial charge in [-0.05, 0) is 56.5 Å². The Hall–Kier alpha value is -1.07. The lowest BCUT2D eigenvalue weighted by Gasteiger charge is -2.40. The second-order valence-corrected chi connectivity index (χ2v) is 8.43. The lowest BCUT2D eigenvalue weighted by molar-refractivity contribution is -0.137. The van der Waals surface area contributed by atoms with Crippen LogP contribution in [-0.4, -0.2) is 69.8 Å². The van der Waals surface area contributed by atoms with Crippen LogP contribution in [0.3, 0.4) is 0 Å². The highest BCUT2D eigenvalue weighted by molar-refractivity contribution is 14.0. The molecule has 176 valence electrons. The summed E-state index contributed by atoms with van der Waals surface area (Å²) >= 11 is 0. The summed E-state index contributed by atoms with van der Waals surface area (Å²) in [4.78, 5) is 8.98. The molecule has 1 aromatic carbocycles. The summed E-state index contributed by atoms with van der Waals surface area (Å²) in [7, 11) is 5.59. The second kappa shape index (κ2) is 11.7. The van der Waals surface area contributed by atoms with E-state index in [4.69, 9.17) is 4.74 Å². The van der Waals surface area contributed by atoms with Crippen LogP contribution in [0.2, 0.25) is 0 Å². The molecule has 2 heterocycles. The molecule has 2 saturated heterocycles. The highest BCUT2D eigenvalue weighted by Gasteiger charge is 2.34. The third-order valence-corrected chi connectivity index (χ3v) is 6.31. The first-order valence-electron chi connectivity index (χ1n) is 10.7. The van der Waals surface area contributed by atoms with Gasteiger partial charge in [0, 0.05) is 45.8 Å². The van der Waals surface area contributed by atoms with Crippen molar-refractivity contribution in [3.05, 3.63) is 35.4 Å². The Morgan fingerprint density at radius 3 is 2.52 bits per heavy atom. The minimum atomic E-state index is -4.30. The monoisotopic (exact) mass is 554 g/mol. The molecule has 0 aliphatic carbocycles. The van der Waals surface area contributed by atoms with Gasteiger partial charge in [0.25, 0.3) is 0 Å². The van der Waals surface area contributed by atoms with Crippen LogP contribution in [0.4, 0.5) is 13.2 Å². The number of hydrogen-bond donors (Lipinski definition) is 1. The van der Waals surface area contributed by atoms with Crippen LogP contribution in [0.1, 0.15) is 36.4 Å². The van der Waals surface area contributed by atoms with Crippen LogP contribution >= 0.6 is 24.0 Å². The minimum absolute atomic E-state index is 0. The van der Waals surface area contributed by atoms with Crippen LogP contribution in [0.25, 0.3) is 0 Å². The smallest absolute Gasteiger partial charge is 0.384 e. The zero-order chi connectivity index (χ0) is 21.7. The molecule has 5 nitrogen and oxygen atoms in total. The van der Waals surface area contributed by atoms with Gasteiger partial charge in [0.05, 0.1) is 12.2 Å². The van der Waals surface area contributed by atoms with E-state index in [1.54, 1.807) is 26.3 Å². The van der Waals surface area contributed by atoms with Crippen molar-refractivity contribution < 1.29 is 17.9 Å². The van der Waals surface area contributed by atoms with Gasteiger partial charge in [-0.3, -0.25) is 9.89 Å². The average molecular weight is 554 g/mol. The number of rotatable bonds is 5. The number of nitrogens with zero attached hydrogens (tertiary/aromatic N) is 3. The number of hydrogen-bond acceptors (Lipinski definition) is 3. The van der Waals surface area contributed by atoms with Crippen LogP contribution in [-0.2, 0) is 10.9 Å².